The first-order valence-corrected chi connectivity index (χ1v) is 10.4. The Kier molecular flexibility index (Phi) is 5.62. The number of likely N-dealkylation sites (N-methyl/N-ethyl adjacent to an activating group) is 1. The lowest BCUT2D eigenvalue weighted by molar-refractivity contribution is -0.137. The summed E-state index contributed by atoms with van der Waals surface area (Å²) in [4.78, 5) is 36.9. The quantitative estimate of drug-likeness (QED) is 0.509. The number of primary amides is 1. The van der Waals surface area contributed by atoms with E-state index in [4.69, 9.17) is 5.73 Å². The van der Waals surface area contributed by atoms with E-state index >= 15 is 0 Å². The van der Waals surface area contributed by atoms with E-state index in [-0.39, 0.29) is 18.0 Å². The van der Waals surface area contributed by atoms with Gasteiger partial charge in [-0.25, -0.2) is 4.68 Å². The van der Waals surface area contributed by atoms with E-state index in [0.29, 0.717) is 35.2 Å². The van der Waals surface area contributed by atoms with Crippen LogP contribution in [0.1, 0.15) is 35.0 Å². The molecule has 1 aliphatic heterocycles. The molecule has 2 aromatic carbocycles. The second kappa shape index (κ2) is 8.41. The molecular formula is C24H23N5O4. The molecule has 3 amide bonds. The monoisotopic (exact) mass is 445 g/mol. The zero-order valence-electron chi connectivity index (χ0n) is 18.3. The summed E-state index contributed by atoms with van der Waals surface area (Å²) < 4.78 is 1.59. The van der Waals surface area contributed by atoms with Crippen molar-refractivity contribution in [2.75, 3.05) is 13.6 Å². The van der Waals surface area contributed by atoms with Crippen LogP contribution in [0.4, 0.5) is 0 Å². The molecule has 9 heteroatoms. The van der Waals surface area contributed by atoms with Gasteiger partial charge in [0.15, 0.2) is 5.69 Å². The van der Waals surface area contributed by atoms with Crippen LogP contribution in [0.25, 0.3) is 16.6 Å². The van der Waals surface area contributed by atoms with Crippen LogP contribution in [0, 0.1) is 11.8 Å². The van der Waals surface area contributed by atoms with Gasteiger partial charge in [-0.2, -0.15) is 5.10 Å². The third-order valence-corrected chi connectivity index (χ3v) is 5.53. The van der Waals surface area contributed by atoms with Gasteiger partial charge >= 0.3 is 0 Å². The third kappa shape index (κ3) is 4.29. The minimum absolute atomic E-state index is 0.111. The Balaban J connectivity index is 1.73. The summed E-state index contributed by atoms with van der Waals surface area (Å²) in [5.74, 6) is 4.34. The van der Waals surface area contributed by atoms with Crippen molar-refractivity contribution in [2.24, 2.45) is 5.73 Å². The van der Waals surface area contributed by atoms with Crippen LogP contribution in [0.3, 0.4) is 0 Å². The first kappa shape index (κ1) is 22.0. The van der Waals surface area contributed by atoms with Crippen LogP contribution in [0.2, 0.25) is 0 Å². The molecule has 1 atom stereocenters. The number of amides is 3. The molecule has 0 spiro atoms. The van der Waals surface area contributed by atoms with Gasteiger partial charge in [0.05, 0.1) is 11.2 Å². The fourth-order valence-electron chi connectivity index (χ4n) is 3.74. The highest BCUT2D eigenvalue weighted by Gasteiger charge is 2.42. The first-order valence-electron chi connectivity index (χ1n) is 10.4. The number of carbonyl (C=O) groups is 3. The molecule has 1 aromatic heterocycles. The van der Waals surface area contributed by atoms with E-state index in [9.17, 15) is 19.5 Å². The van der Waals surface area contributed by atoms with E-state index in [1.165, 1.54) is 11.8 Å². The average Bonchev–Trinajstić information content (AvgIpc) is 3.30. The highest BCUT2D eigenvalue weighted by molar-refractivity contribution is 6.04. The van der Waals surface area contributed by atoms with Gasteiger partial charge in [-0.3, -0.25) is 14.4 Å². The standard InChI is InChI=1S/C24H23N5O4/c1-15(30)26-14-17-6-7-20-19(13-17)21(22(25)31)27-29(20)18-5-3-4-16(12-18)8-9-24(33)10-11-28(2)23(24)32/h3-7,12-13,33H,10-11,14H2,1-2H3,(H2,25,31)(H,26,30). The number of carbonyl (C=O) groups excluding carboxylic acids is 3. The Labute approximate surface area is 190 Å². The predicted molar refractivity (Wildman–Crippen MR) is 121 cm³/mol. The van der Waals surface area contributed by atoms with E-state index in [1.54, 1.807) is 48.1 Å². The lowest BCUT2D eigenvalue weighted by Crippen LogP contribution is -2.37. The van der Waals surface area contributed by atoms with Crippen molar-refractivity contribution in [3.63, 3.8) is 0 Å². The number of nitrogens with zero attached hydrogens (tertiary/aromatic N) is 3. The maximum atomic E-state index is 12.2. The highest BCUT2D eigenvalue weighted by atomic mass is 16.3. The smallest absolute Gasteiger partial charge is 0.269 e. The van der Waals surface area contributed by atoms with Gasteiger partial charge < -0.3 is 21.1 Å². The molecule has 168 valence electrons. The number of hydrogen-bond acceptors (Lipinski definition) is 5. The Hall–Kier alpha value is -4.16. The van der Waals surface area contributed by atoms with Crippen molar-refractivity contribution in [3.05, 3.63) is 59.3 Å². The molecule has 2 heterocycles. The van der Waals surface area contributed by atoms with Crippen molar-refractivity contribution in [3.8, 4) is 17.5 Å². The third-order valence-electron chi connectivity index (χ3n) is 5.53. The van der Waals surface area contributed by atoms with E-state index < -0.39 is 17.4 Å². The fourth-order valence-corrected chi connectivity index (χ4v) is 3.74. The second-order valence-electron chi connectivity index (χ2n) is 8.02. The maximum absolute atomic E-state index is 12.2. The SMILES string of the molecule is CC(=O)NCc1ccc2c(c1)c(C(N)=O)nn2-c1cccc(C#CC2(O)CCN(C)C2=O)c1. The predicted octanol–water partition coefficient (Wildman–Crippen LogP) is 0.705. The summed E-state index contributed by atoms with van der Waals surface area (Å²) in [6, 6.07) is 12.5. The van der Waals surface area contributed by atoms with Crippen LogP contribution < -0.4 is 11.1 Å². The van der Waals surface area contributed by atoms with Crippen LogP contribution in [0.15, 0.2) is 42.5 Å². The minimum atomic E-state index is -1.69. The maximum Gasteiger partial charge on any atom is 0.269 e. The lowest BCUT2D eigenvalue weighted by atomic mass is 10.0. The summed E-state index contributed by atoms with van der Waals surface area (Å²) in [5.41, 5.74) is 6.66. The number of nitrogens with two attached hydrogens (primary N) is 1. The topological polar surface area (TPSA) is 131 Å². The molecule has 0 saturated carbocycles. The Morgan fingerprint density at radius 3 is 2.73 bits per heavy atom. The van der Waals surface area contributed by atoms with Crippen LogP contribution in [-0.4, -0.2) is 56.7 Å². The van der Waals surface area contributed by atoms with Gasteiger partial charge in [0, 0.05) is 44.4 Å². The number of fused-ring (bicyclic) bond motifs is 1. The van der Waals surface area contributed by atoms with E-state index in [1.807, 2.05) is 6.07 Å². The first-order chi connectivity index (χ1) is 15.7. The molecule has 0 bridgehead atoms. The summed E-state index contributed by atoms with van der Waals surface area (Å²) in [7, 11) is 1.63. The molecule has 9 nitrogen and oxygen atoms in total. The molecule has 3 aromatic rings. The van der Waals surface area contributed by atoms with Crippen molar-refractivity contribution >= 4 is 28.6 Å². The molecule has 1 fully saturated rings. The largest absolute Gasteiger partial charge is 0.369 e. The lowest BCUT2D eigenvalue weighted by Gasteiger charge is -2.13. The van der Waals surface area contributed by atoms with E-state index in [2.05, 4.69) is 22.3 Å². The Morgan fingerprint density at radius 2 is 2.06 bits per heavy atom. The number of hydrogen-bond donors (Lipinski definition) is 3. The van der Waals surface area contributed by atoms with Gasteiger partial charge in [0.1, 0.15) is 0 Å². The summed E-state index contributed by atoms with van der Waals surface area (Å²) in [6.45, 7) is 2.19. The van der Waals surface area contributed by atoms with Gasteiger partial charge in [-0.05, 0) is 35.9 Å². The molecule has 1 saturated heterocycles. The number of aliphatic hydroxyl groups is 1. The molecule has 33 heavy (non-hydrogen) atoms. The number of benzene rings is 2. The number of aromatic nitrogens is 2. The van der Waals surface area contributed by atoms with Crippen molar-refractivity contribution in [2.45, 2.75) is 25.5 Å². The molecule has 4 rings (SSSR count). The highest BCUT2D eigenvalue weighted by Crippen LogP contribution is 2.25. The van der Waals surface area contributed by atoms with Gasteiger partial charge in [0.2, 0.25) is 11.5 Å². The average molecular weight is 445 g/mol. The van der Waals surface area contributed by atoms with Gasteiger partial charge in [0.25, 0.3) is 11.8 Å². The van der Waals surface area contributed by atoms with Crippen LogP contribution in [-0.2, 0) is 16.1 Å². The number of nitrogens with one attached hydrogen (secondary N) is 1. The van der Waals surface area contributed by atoms with Gasteiger partial charge in [-0.15, -0.1) is 0 Å². The molecule has 4 N–H and O–H groups in total. The molecular weight excluding hydrogens is 422 g/mol. The zero-order chi connectivity index (χ0) is 23.8. The molecule has 1 unspecified atom stereocenters. The van der Waals surface area contributed by atoms with Crippen molar-refractivity contribution < 1.29 is 19.5 Å². The molecule has 1 aliphatic rings. The molecule has 0 aliphatic carbocycles. The van der Waals surface area contributed by atoms with Crippen LogP contribution in [0.5, 0.6) is 0 Å². The Bertz CT molecular complexity index is 1350. The van der Waals surface area contributed by atoms with Crippen molar-refractivity contribution in [1.82, 2.24) is 20.0 Å². The summed E-state index contributed by atoms with van der Waals surface area (Å²) in [5, 5.41) is 18.2. The molecule has 0 radical (unpaired) electrons. The fraction of sp³-hybridized carbons (Fsp3) is 0.250. The Morgan fingerprint density at radius 1 is 1.27 bits per heavy atom. The van der Waals surface area contributed by atoms with Crippen LogP contribution >= 0.6 is 0 Å². The zero-order valence-corrected chi connectivity index (χ0v) is 18.3. The summed E-state index contributed by atoms with van der Waals surface area (Å²) in [6.07, 6.45) is 0.252. The van der Waals surface area contributed by atoms with Crippen molar-refractivity contribution in [1.29, 1.82) is 0 Å². The van der Waals surface area contributed by atoms with E-state index in [0.717, 1.165) is 5.56 Å². The summed E-state index contributed by atoms with van der Waals surface area (Å²) >= 11 is 0. The number of rotatable bonds is 4. The van der Waals surface area contributed by atoms with Gasteiger partial charge in [-0.1, -0.05) is 24.0 Å². The number of likely N-dealkylation sites (tertiary alicyclic amines) is 1. The second-order valence-corrected chi connectivity index (χ2v) is 8.02. The minimum Gasteiger partial charge on any atom is -0.369 e. The normalized spacial score (nSPS) is 17.7.